The van der Waals surface area contributed by atoms with Crippen LogP contribution in [-0.2, 0) is 9.47 Å². The van der Waals surface area contributed by atoms with Crippen molar-refractivity contribution in [2.75, 3.05) is 47.1 Å². The second-order valence-electron chi connectivity index (χ2n) is 6.09. The van der Waals surface area contributed by atoms with E-state index in [1.165, 1.54) is 0 Å². The number of hydrogen-bond donors (Lipinski definition) is 2. The van der Waals surface area contributed by atoms with E-state index in [-0.39, 0.29) is 12.1 Å². The number of methoxy groups -OCH3 is 2. The molecule has 5 heteroatoms. The van der Waals surface area contributed by atoms with Crippen LogP contribution in [0.2, 0.25) is 0 Å². The molecule has 0 aromatic heterocycles. The van der Waals surface area contributed by atoms with Crippen molar-refractivity contribution in [2.24, 2.45) is 0 Å². The van der Waals surface area contributed by atoms with Gasteiger partial charge in [0, 0.05) is 44.9 Å². The van der Waals surface area contributed by atoms with Crippen molar-refractivity contribution in [1.29, 1.82) is 0 Å². The second kappa shape index (κ2) is 10.5. The largest absolute Gasteiger partial charge is 0.394 e. The summed E-state index contributed by atoms with van der Waals surface area (Å²) in [6.45, 7) is 11.8. The van der Waals surface area contributed by atoms with E-state index in [4.69, 9.17) is 9.47 Å². The lowest BCUT2D eigenvalue weighted by Crippen LogP contribution is -2.53. The Morgan fingerprint density at radius 1 is 1.10 bits per heavy atom. The highest BCUT2D eigenvalue weighted by Crippen LogP contribution is 2.17. The van der Waals surface area contributed by atoms with Crippen molar-refractivity contribution < 1.29 is 14.6 Å². The fourth-order valence-electron chi connectivity index (χ4n) is 2.62. The third-order valence-corrected chi connectivity index (χ3v) is 3.52. The molecule has 2 unspecified atom stereocenters. The van der Waals surface area contributed by atoms with Crippen LogP contribution in [0.25, 0.3) is 0 Å². The number of rotatable bonds is 12. The van der Waals surface area contributed by atoms with Crippen molar-refractivity contribution in [2.45, 2.75) is 51.7 Å². The Hall–Kier alpha value is -0.200. The van der Waals surface area contributed by atoms with Crippen molar-refractivity contribution in [3.8, 4) is 0 Å². The Bertz CT molecular complexity index is 231. The smallest absolute Gasteiger partial charge is 0.0611 e. The first kappa shape index (κ1) is 19.8. The molecule has 0 saturated carbocycles. The number of aliphatic hydroxyl groups excluding tert-OH is 1. The molecule has 0 spiro atoms. The van der Waals surface area contributed by atoms with Gasteiger partial charge < -0.3 is 19.9 Å². The monoisotopic (exact) mass is 290 g/mol. The molecule has 2 atom stereocenters. The lowest BCUT2D eigenvalue weighted by molar-refractivity contribution is 0.0664. The van der Waals surface area contributed by atoms with Crippen molar-refractivity contribution in [3.05, 3.63) is 0 Å². The fraction of sp³-hybridized carbons (Fsp3) is 1.00. The maximum Gasteiger partial charge on any atom is 0.0611 e. The summed E-state index contributed by atoms with van der Waals surface area (Å²) in [5, 5.41) is 13.2. The van der Waals surface area contributed by atoms with Crippen LogP contribution in [0.5, 0.6) is 0 Å². The van der Waals surface area contributed by atoms with E-state index in [0.29, 0.717) is 25.3 Å². The minimum absolute atomic E-state index is 0.137. The first-order valence-electron chi connectivity index (χ1n) is 7.49. The number of nitrogens with one attached hydrogen (secondary N) is 1. The van der Waals surface area contributed by atoms with Gasteiger partial charge in [-0.15, -0.1) is 0 Å². The van der Waals surface area contributed by atoms with Gasteiger partial charge in [-0.25, -0.2) is 0 Å². The average Bonchev–Trinajstić information content (AvgIpc) is 2.37. The van der Waals surface area contributed by atoms with Crippen LogP contribution in [0.3, 0.4) is 0 Å². The molecule has 20 heavy (non-hydrogen) atoms. The molecular weight excluding hydrogens is 256 g/mol. The highest BCUT2D eigenvalue weighted by atomic mass is 16.5. The molecule has 0 heterocycles. The quantitative estimate of drug-likeness (QED) is 0.564. The summed E-state index contributed by atoms with van der Waals surface area (Å²) >= 11 is 0. The van der Waals surface area contributed by atoms with Gasteiger partial charge in [0.15, 0.2) is 0 Å². The summed E-state index contributed by atoms with van der Waals surface area (Å²) in [6, 6.07) is 0.703. The minimum atomic E-state index is -0.258. The highest BCUT2D eigenvalue weighted by Gasteiger charge is 2.28. The normalized spacial score (nSPS) is 16.6. The molecule has 5 nitrogen and oxygen atoms in total. The van der Waals surface area contributed by atoms with E-state index in [1.54, 1.807) is 14.2 Å². The highest BCUT2D eigenvalue weighted by molar-refractivity contribution is 4.88. The number of aliphatic hydroxyl groups is 1. The van der Waals surface area contributed by atoms with Crippen LogP contribution in [0.1, 0.15) is 34.1 Å². The lowest BCUT2D eigenvalue weighted by Gasteiger charge is -2.38. The van der Waals surface area contributed by atoms with Gasteiger partial charge in [0.25, 0.3) is 0 Å². The topological polar surface area (TPSA) is 54.0 Å². The van der Waals surface area contributed by atoms with Gasteiger partial charge in [0.2, 0.25) is 0 Å². The zero-order valence-corrected chi connectivity index (χ0v) is 14.1. The van der Waals surface area contributed by atoms with Crippen LogP contribution >= 0.6 is 0 Å². The Morgan fingerprint density at radius 2 is 1.60 bits per heavy atom. The molecular formula is C15H34N2O3. The molecule has 2 N–H and O–H groups in total. The number of nitrogens with zero attached hydrogens (tertiary/aromatic N) is 1. The summed E-state index contributed by atoms with van der Waals surface area (Å²) in [5.41, 5.74) is -0.258. The van der Waals surface area contributed by atoms with Crippen molar-refractivity contribution >= 4 is 0 Å². The average molecular weight is 290 g/mol. The molecule has 0 radical (unpaired) electrons. The molecule has 0 aliphatic carbocycles. The Labute approximate surface area is 124 Å². The molecule has 122 valence electrons. The molecule has 0 saturated heterocycles. The van der Waals surface area contributed by atoms with Gasteiger partial charge in [-0.2, -0.15) is 0 Å². The van der Waals surface area contributed by atoms with Crippen LogP contribution in [0.4, 0.5) is 0 Å². The molecule has 0 bridgehead atoms. The molecule has 0 fully saturated rings. The van der Waals surface area contributed by atoms with Crippen LogP contribution in [0, 0.1) is 0 Å². The third kappa shape index (κ3) is 8.17. The molecule has 0 rings (SSSR count). The van der Waals surface area contributed by atoms with E-state index in [1.807, 2.05) is 0 Å². The van der Waals surface area contributed by atoms with Crippen molar-refractivity contribution in [1.82, 2.24) is 10.2 Å². The van der Waals surface area contributed by atoms with Gasteiger partial charge in [-0.3, -0.25) is 4.90 Å². The fourth-order valence-corrected chi connectivity index (χ4v) is 2.62. The van der Waals surface area contributed by atoms with E-state index < -0.39 is 0 Å². The van der Waals surface area contributed by atoms with Crippen LogP contribution in [-0.4, -0.2) is 74.8 Å². The number of hydrogen-bond acceptors (Lipinski definition) is 5. The summed E-state index contributed by atoms with van der Waals surface area (Å²) < 4.78 is 10.4. The molecule has 0 aliphatic heterocycles. The maximum absolute atomic E-state index is 9.69. The van der Waals surface area contributed by atoms with E-state index in [0.717, 1.165) is 19.5 Å². The minimum Gasteiger partial charge on any atom is -0.394 e. The van der Waals surface area contributed by atoms with E-state index in [9.17, 15) is 5.11 Å². The molecule has 0 amide bonds. The Morgan fingerprint density at radius 3 is 1.95 bits per heavy atom. The Kier molecular flexibility index (Phi) is 10.4. The second-order valence-corrected chi connectivity index (χ2v) is 6.09. The van der Waals surface area contributed by atoms with Gasteiger partial charge in [-0.05, 0) is 20.3 Å². The first-order valence-corrected chi connectivity index (χ1v) is 7.49. The predicted octanol–water partition coefficient (Wildman–Crippen LogP) is 1.11. The molecule has 0 aliphatic rings. The summed E-state index contributed by atoms with van der Waals surface area (Å²) in [5.74, 6) is 0. The summed E-state index contributed by atoms with van der Waals surface area (Å²) in [6.07, 6.45) is 0.884. The van der Waals surface area contributed by atoms with Crippen molar-refractivity contribution in [3.63, 3.8) is 0 Å². The van der Waals surface area contributed by atoms with Gasteiger partial charge in [0.1, 0.15) is 0 Å². The first-order chi connectivity index (χ1) is 9.38. The Balaban J connectivity index is 4.55. The van der Waals surface area contributed by atoms with Gasteiger partial charge in [-0.1, -0.05) is 13.8 Å². The number of ether oxygens (including phenoxy) is 2. The molecule has 0 aromatic rings. The van der Waals surface area contributed by atoms with E-state index in [2.05, 4.69) is 37.9 Å². The van der Waals surface area contributed by atoms with E-state index >= 15 is 0 Å². The maximum atomic E-state index is 9.69. The van der Waals surface area contributed by atoms with Crippen LogP contribution < -0.4 is 5.32 Å². The van der Waals surface area contributed by atoms with Crippen LogP contribution in [0.15, 0.2) is 0 Å². The standard InChI is InChI=1S/C15H34N2O3/c1-13(2)16-15(4,12-18)11-14(3)17(7-9-19-5)8-10-20-6/h13-14,16,18H,7-12H2,1-6H3. The van der Waals surface area contributed by atoms with Gasteiger partial charge >= 0.3 is 0 Å². The zero-order chi connectivity index (χ0) is 15.6. The zero-order valence-electron chi connectivity index (χ0n) is 14.1. The molecule has 0 aromatic carbocycles. The lowest BCUT2D eigenvalue weighted by atomic mass is 9.92. The summed E-state index contributed by atoms with van der Waals surface area (Å²) in [7, 11) is 3.44. The SMILES string of the molecule is COCCN(CCOC)C(C)CC(C)(CO)NC(C)C. The summed E-state index contributed by atoms with van der Waals surface area (Å²) in [4.78, 5) is 2.35. The van der Waals surface area contributed by atoms with Gasteiger partial charge in [0.05, 0.1) is 19.8 Å². The predicted molar refractivity (Wildman–Crippen MR) is 83.2 cm³/mol. The third-order valence-electron chi connectivity index (χ3n) is 3.52.